The van der Waals surface area contributed by atoms with E-state index in [1.54, 1.807) is 0 Å². The summed E-state index contributed by atoms with van der Waals surface area (Å²) in [5, 5.41) is 4.85. The molecule has 0 radical (unpaired) electrons. The van der Waals surface area contributed by atoms with Crippen molar-refractivity contribution in [3.63, 3.8) is 0 Å². The van der Waals surface area contributed by atoms with E-state index in [0.29, 0.717) is 16.7 Å². The van der Waals surface area contributed by atoms with Crippen molar-refractivity contribution in [3.05, 3.63) is 24.3 Å². The van der Waals surface area contributed by atoms with Crippen LogP contribution < -0.4 is 10.7 Å². The van der Waals surface area contributed by atoms with Gasteiger partial charge in [0.2, 0.25) is 0 Å². The summed E-state index contributed by atoms with van der Waals surface area (Å²) in [5.74, 6) is -1.99. The molecule has 1 saturated heterocycles. The summed E-state index contributed by atoms with van der Waals surface area (Å²) in [5.41, 5.74) is 3.80. The lowest BCUT2D eigenvalue weighted by molar-refractivity contribution is -0.140. The number of aromatic amines is 1. The van der Waals surface area contributed by atoms with Gasteiger partial charge in [0.05, 0.1) is 11.9 Å². The largest absolute Gasteiger partial charge is 0.344 e. The number of fused-ring (bicyclic) bond motifs is 1. The maximum atomic E-state index is 13.4. The van der Waals surface area contributed by atoms with Crippen molar-refractivity contribution in [2.45, 2.75) is 44.9 Å². The number of rotatable bonds is 2. The summed E-state index contributed by atoms with van der Waals surface area (Å²) in [4.78, 5) is 31.4. The van der Waals surface area contributed by atoms with Crippen molar-refractivity contribution >= 4 is 28.5 Å². The Morgan fingerprint density at radius 2 is 1.93 bits per heavy atom. The highest BCUT2D eigenvalue weighted by molar-refractivity contribution is 6.40. The quantitative estimate of drug-likeness (QED) is 0.706. The maximum absolute atomic E-state index is 13.4. The number of anilines is 1. The van der Waals surface area contributed by atoms with Gasteiger partial charge in [-0.15, -0.1) is 0 Å². The molecule has 1 saturated carbocycles. The van der Waals surface area contributed by atoms with E-state index in [0.717, 1.165) is 25.7 Å². The standard InChI is InChI=1S/C19H24FN5O2/c20-13-9-14-15(11-22-16(14)21-10-13)23-17(26)18(27)24-25-8-4-7-19(12-25)5-2-1-3-6-19/h9-11H,1-8,12H2,(H,21,22)(H,23,26)(H,24,27). The SMILES string of the molecule is O=C(Nc1c[nH]c2ncc(F)cc12)C(=O)NN1CCCC2(CCCCC2)C1. The molecule has 1 spiro atoms. The Morgan fingerprint density at radius 3 is 2.74 bits per heavy atom. The van der Waals surface area contributed by atoms with Crippen LogP contribution >= 0.6 is 0 Å². The Labute approximate surface area is 156 Å². The van der Waals surface area contributed by atoms with E-state index in [4.69, 9.17) is 0 Å². The zero-order valence-electron chi connectivity index (χ0n) is 15.2. The second kappa shape index (κ2) is 7.26. The number of aromatic nitrogens is 2. The third kappa shape index (κ3) is 3.80. The maximum Gasteiger partial charge on any atom is 0.323 e. The summed E-state index contributed by atoms with van der Waals surface area (Å²) >= 11 is 0. The Hall–Kier alpha value is -2.48. The predicted octanol–water partition coefficient (Wildman–Crippen LogP) is 2.72. The highest BCUT2D eigenvalue weighted by Crippen LogP contribution is 2.42. The van der Waals surface area contributed by atoms with Gasteiger partial charge in [0.1, 0.15) is 11.5 Å². The molecule has 0 bridgehead atoms. The van der Waals surface area contributed by atoms with Gasteiger partial charge in [0, 0.05) is 24.7 Å². The van der Waals surface area contributed by atoms with Crippen molar-refractivity contribution in [2.24, 2.45) is 5.41 Å². The van der Waals surface area contributed by atoms with Gasteiger partial charge in [0.15, 0.2) is 0 Å². The molecule has 2 aromatic rings. The second-order valence-corrected chi connectivity index (χ2v) is 7.73. The number of H-pyrrole nitrogens is 1. The zero-order chi connectivity index (χ0) is 18.9. The van der Waals surface area contributed by atoms with Gasteiger partial charge in [-0.25, -0.2) is 14.4 Å². The third-order valence-corrected chi connectivity index (χ3v) is 5.79. The van der Waals surface area contributed by atoms with E-state index in [9.17, 15) is 14.0 Å². The van der Waals surface area contributed by atoms with Gasteiger partial charge in [-0.1, -0.05) is 19.3 Å². The Balaban J connectivity index is 1.39. The van der Waals surface area contributed by atoms with Crippen molar-refractivity contribution in [1.29, 1.82) is 0 Å². The minimum atomic E-state index is -0.775. The first-order chi connectivity index (χ1) is 13.0. The van der Waals surface area contributed by atoms with Gasteiger partial charge >= 0.3 is 11.8 Å². The van der Waals surface area contributed by atoms with Gasteiger partial charge in [-0.05, 0) is 37.2 Å². The van der Waals surface area contributed by atoms with Crippen LogP contribution in [-0.4, -0.2) is 39.9 Å². The number of pyridine rings is 1. The van der Waals surface area contributed by atoms with Crippen LogP contribution in [0, 0.1) is 11.2 Å². The van der Waals surface area contributed by atoms with Crippen molar-refractivity contribution < 1.29 is 14.0 Å². The average molecular weight is 373 g/mol. The molecule has 1 aliphatic heterocycles. The van der Waals surface area contributed by atoms with E-state index >= 15 is 0 Å². The first-order valence-corrected chi connectivity index (χ1v) is 9.54. The average Bonchev–Trinajstić information content (AvgIpc) is 3.04. The molecule has 0 atom stereocenters. The molecule has 2 aromatic heterocycles. The Kier molecular flexibility index (Phi) is 4.82. The second-order valence-electron chi connectivity index (χ2n) is 7.73. The summed E-state index contributed by atoms with van der Waals surface area (Å²) in [6.07, 6.45) is 11.0. The molecule has 2 fully saturated rings. The fourth-order valence-corrected chi connectivity index (χ4v) is 4.47. The molecular weight excluding hydrogens is 349 g/mol. The molecule has 2 amide bonds. The lowest BCUT2D eigenvalue weighted by Crippen LogP contribution is -2.54. The normalized spacial score (nSPS) is 19.9. The molecule has 3 N–H and O–H groups in total. The van der Waals surface area contributed by atoms with Crippen LogP contribution in [0.3, 0.4) is 0 Å². The highest BCUT2D eigenvalue weighted by Gasteiger charge is 2.37. The number of piperidine rings is 1. The van der Waals surface area contributed by atoms with Crippen molar-refractivity contribution in [1.82, 2.24) is 20.4 Å². The number of amides is 2. The summed E-state index contributed by atoms with van der Waals surface area (Å²) in [6.45, 7) is 1.55. The number of carbonyl (C=O) groups excluding carboxylic acids is 2. The van der Waals surface area contributed by atoms with E-state index in [2.05, 4.69) is 20.7 Å². The number of hydrazine groups is 1. The summed E-state index contributed by atoms with van der Waals surface area (Å²) in [7, 11) is 0. The molecule has 144 valence electrons. The van der Waals surface area contributed by atoms with Gasteiger partial charge in [0.25, 0.3) is 0 Å². The van der Waals surface area contributed by atoms with Crippen LogP contribution in [0.2, 0.25) is 0 Å². The first-order valence-electron chi connectivity index (χ1n) is 9.54. The molecule has 4 rings (SSSR count). The minimum absolute atomic E-state index is 0.278. The van der Waals surface area contributed by atoms with E-state index in [-0.39, 0.29) is 5.41 Å². The topological polar surface area (TPSA) is 90.1 Å². The Morgan fingerprint density at radius 1 is 1.15 bits per heavy atom. The van der Waals surface area contributed by atoms with Crippen LogP contribution in [0.15, 0.2) is 18.5 Å². The first kappa shape index (κ1) is 17.9. The van der Waals surface area contributed by atoms with Gasteiger partial charge < -0.3 is 10.3 Å². The number of hydrogen-bond acceptors (Lipinski definition) is 4. The fourth-order valence-electron chi connectivity index (χ4n) is 4.47. The number of carbonyl (C=O) groups is 2. The molecule has 3 heterocycles. The third-order valence-electron chi connectivity index (χ3n) is 5.79. The zero-order valence-corrected chi connectivity index (χ0v) is 15.2. The van der Waals surface area contributed by atoms with Gasteiger partial charge in [-0.2, -0.15) is 0 Å². The molecule has 0 aromatic carbocycles. The number of halogens is 1. The van der Waals surface area contributed by atoms with Crippen molar-refractivity contribution in [3.8, 4) is 0 Å². The van der Waals surface area contributed by atoms with Gasteiger partial charge in [-0.3, -0.25) is 15.0 Å². The highest BCUT2D eigenvalue weighted by atomic mass is 19.1. The molecular formula is C19H24FN5O2. The van der Waals surface area contributed by atoms with Crippen LogP contribution in [0.25, 0.3) is 11.0 Å². The lowest BCUT2D eigenvalue weighted by atomic mass is 9.69. The van der Waals surface area contributed by atoms with Crippen LogP contribution in [0.5, 0.6) is 0 Å². The fraction of sp³-hybridized carbons (Fsp3) is 0.526. The molecule has 2 aliphatic rings. The Bertz CT molecular complexity index is 853. The summed E-state index contributed by atoms with van der Waals surface area (Å²) in [6, 6.07) is 1.27. The monoisotopic (exact) mass is 373 g/mol. The van der Waals surface area contributed by atoms with E-state index < -0.39 is 17.6 Å². The van der Waals surface area contributed by atoms with Crippen LogP contribution in [0.4, 0.5) is 10.1 Å². The van der Waals surface area contributed by atoms with E-state index in [1.165, 1.54) is 50.8 Å². The molecule has 1 aliphatic carbocycles. The summed E-state index contributed by atoms with van der Waals surface area (Å²) < 4.78 is 13.4. The van der Waals surface area contributed by atoms with E-state index in [1.807, 2.05) is 5.01 Å². The molecule has 27 heavy (non-hydrogen) atoms. The smallest absolute Gasteiger partial charge is 0.323 e. The predicted molar refractivity (Wildman–Crippen MR) is 99.1 cm³/mol. The van der Waals surface area contributed by atoms with Crippen LogP contribution in [-0.2, 0) is 9.59 Å². The lowest BCUT2D eigenvalue weighted by Gasteiger charge is -2.45. The molecule has 7 nitrogen and oxygen atoms in total. The number of nitrogens with zero attached hydrogens (tertiary/aromatic N) is 2. The molecule has 8 heteroatoms. The number of hydrogen-bond donors (Lipinski definition) is 3. The van der Waals surface area contributed by atoms with Crippen LogP contribution in [0.1, 0.15) is 44.9 Å². The number of nitrogens with one attached hydrogen (secondary N) is 3. The molecule has 0 unspecified atom stereocenters. The van der Waals surface area contributed by atoms with Crippen molar-refractivity contribution in [2.75, 3.05) is 18.4 Å². The minimum Gasteiger partial charge on any atom is -0.344 e.